The molecule has 3 N–H and O–H groups in total. The van der Waals surface area contributed by atoms with Gasteiger partial charge < -0.3 is 11.1 Å². The lowest BCUT2D eigenvalue weighted by Gasteiger charge is -2.35. The molecule has 1 aromatic carbocycles. The van der Waals surface area contributed by atoms with E-state index in [1.165, 1.54) is 25.6 Å². The third kappa shape index (κ3) is 5.97. The highest BCUT2D eigenvalue weighted by atomic mass is 35.5. The molecule has 0 atom stereocenters. The van der Waals surface area contributed by atoms with Crippen LogP contribution in [0.15, 0.2) is 36.9 Å². The molecule has 1 saturated carbocycles. The maximum Gasteiger partial charge on any atom is 0.224 e. The highest BCUT2D eigenvalue weighted by Gasteiger charge is 2.32. The molecule has 2 aromatic rings. The molecule has 1 fully saturated rings. The minimum absolute atomic E-state index is 0. The van der Waals surface area contributed by atoms with Crippen LogP contribution in [0.25, 0.3) is 0 Å². The highest BCUT2D eigenvalue weighted by Crippen LogP contribution is 2.38. The zero-order valence-electron chi connectivity index (χ0n) is 14.8. The van der Waals surface area contributed by atoms with Gasteiger partial charge in [-0.1, -0.05) is 31.4 Å². The van der Waals surface area contributed by atoms with E-state index in [9.17, 15) is 4.79 Å². The lowest BCUT2D eigenvalue weighted by molar-refractivity contribution is -0.118. The minimum Gasteiger partial charge on any atom is -0.330 e. The van der Waals surface area contributed by atoms with Gasteiger partial charge in [-0.15, -0.1) is 24.8 Å². The van der Waals surface area contributed by atoms with Crippen LogP contribution in [-0.2, 0) is 11.3 Å². The lowest BCUT2D eigenvalue weighted by atomic mass is 9.71. The summed E-state index contributed by atoms with van der Waals surface area (Å²) in [4.78, 5) is 16.3. The number of carbonyl (C=O) groups excluding carboxylic acids is 1. The van der Waals surface area contributed by atoms with E-state index in [0.29, 0.717) is 19.5 Å². The second-order valence-corrected chi connectivity index (χ2v) is 6.78. The molecule has 3 rings (SSSR count). The molecule has 0 unspecified atom stereocenters. The molecule has 8 heteroatoms. The van der Waals surface area contributed by atoms with E-state index in [1.807, 2.05) is 24.3 Å². The van der Waals surface area contributed by atoms with Crippen LogP contribution < -0.4 is 11.1 Å². The number of hydrogen-bond donors (Lipinski definition) is 2. The second-order valence-electron chi connectivity index (χ2n) is 6.78. The Labute approximate surface area is 166 Å². The number of halogens is 2. The summed E-state index contributed by atoms with van der Waals surface area (Å²) in [6.07, 6.45) is 9.48. The van der Waals surface area contributed by atoms with Crippen molar-refractivity contribution in [2.75, 3.05) is 11.9 Å². The number of nitrogens with one attached hydrogen (secondary N) is 1. The molecule has 1 amide bonds. The molecule has 6 nitrogen and oxygen atoms in total. The van der Waals surface area contributed by atoms with Gasteiger partial charge in [-0.2, -0.15) is 5.10 Å². The number of carbonyl (C=O) groups is 1. The van der Waals surface area contributed by atoms with Gasteiger partial charge >= 0.3 is 0 Å². The van der Waals surface area contributed by atoms with Crippen LogP contribution in [0, 0.1) is 5.41 Å². The van der Waals surface area contributed by atoms with E-state index >= 15 is 0 Å². The first kappa shape index (κ1) is 22.4. The number of hydrogen-bond acceptors (Lipinski definition) is 4. The summed E-state index contributed by atoms with van der Waals surface area (Å²) in [5.74, 6) is 0.0615. The first-order valence-electron chi connectivity index (χ1n) is 8.60. The fourth-order valence-corrected chi connectivity index (χ4v) is 3.50. The van der Waals surface area contributed by atoms with Crippen LogP contribution in [0.5, 0.6) is 0 Å². The number of aromatic nitrogens is 3. The summed E-state index contributed by atoms with van der Waals surface area (Å²) < 4.78 is 1.77. The topological polar surface area (TPSA) is 85.8 Å². The Balaban J connectivity index is 0.00000169. The molecule has 0 saturated heterocycles. The van der Waals surface area contributed by atoms with Crippen molar-refractivity contribution >= 4 is 36.4 Å². The zero-order valence-corrected chi connectivity index (χ0v) is 16.4. The molecule has 0 aliphatic heterocycles. The number of benzene rings is 1. The van der Waals surface area contributed by atoms with Crippen LogP contribution in [0.1, 0.15) is 44.1 Å². The molecule has 1 heterocycles. The summed E-state index contributed by atoms with van der Waals surface area (Å²) in [7, 11) is 0. The van der Waals surface area contributed by atoms with Crippen molar-refractivity contribution in [2.24, 2.45) is 11.1 Å². The van der Waals surface area contributed by atoms with Crippen LogP contribution in [-0.4, -0.2) is 27.2 Å². The number of amides is 1. The van der Waals surface area contributed by atoms with Gasteiger partial charge in [0.2, 0.25) is 5.91 Å². The normalized spacial score (nSPS) is 15.4. The third-order valence-corrected chi connectivity index (χ3v) is 4.93. The standard InChI is InChI=1S/C18H25N5O.2ClH/c19-12-18(8-2-1-3-9-18)10-17(24)22-16-6-4-15(5-7-16)11-23-14-20-13-21-23;;/h4-7,13-14H,1-3,8-12,19H2,(H,22,24);2*1H. The SMILES string of the molecule is Cl.Cl.NCC1(CC(=O)Nc2ccc(Cn3cncn3)cc2)CCCCC1. The lowest BCUT2D eigenvalue weighted by Crippen LogP contribution is -2.36. The quantitative estimate of drug-likeness (QED) is 0.778. The van der Waals surface area contributed by atoms with Crippen LogP contribution in [0.2, 0.25) is 0 Å². The molecule has 0 spiro atoms. The Morgan fingerprint density at radius 1 is 1.15 bits per heavy atom. The van der Waals surface area contributed by atoms with Crippen LogP contribution >= 0.6 is 24.8 Å². The first-order chi connectivity index (χ1) is 11.7. The van der Waals surface area contributed by atoms with E-state index in [-0.39, 0.29) is 36.1 Å². The van der Waals surface area contributed by atoms with Gasteiger partial charge in [-0.3, -0.25) is 4.79 Å². The van der Waals surface area contributed by atoms with Crippen molar-refractivity contribution in [3.63, 3.8) is 0 Å². The number of nitrogens with two attached hydrogens (primary N) is 1. The predicted molar refractivity (Wildman–Crippen MR) is 108 cm³/mol. The molecular weight excluding hydrogens is 373 g/mol. The van der Waals surface area contributed by atoms with Gasteiger partial charge in [0.25, 0.3) is 0 Å². The maximum atomic E-state index is 12.4. The third-order valence-electron chi connectivity index (χ3n) is 4.93. The molecule has 1 aliphatic rings. The summed E-state index contributed by atoms with van der Waals surface area (Å²) >= 11 is 0. The number of anilines is 1. The van der Waals surface area contributed by atoms with Crippen molar-refractivity contribution in [1.82, 2.24) is 14.8 Å². The van der Waals surface area contributed by atoms with Crippen molar-refractivity contribution in [1.29, 1.82) is 0 Å². The molecule has 1 aromatic heterocycles. The van der Waals surface area contributed by atoms with Gasteiger partial charge in [0.15, 0.2) is 0 Å². The Bertz CT molecular complexity index is 655. The smallest absolute Gasteiger partial charge is 0.224 e. The van der Waals surface area contributed by atoms with Crippen molar-refractivity contribution in [3.05, 3.63) is 42.5 Å². The summed E-state index contributed by atoms with van der Waals surface area (Å²) in [6.45, 7) is 1.27. The second kappa shape index (κ2) is 10.5. The van der Waals surface area contributed by atoms with Crippen molar-refractivity contribution < 1.29 is 4.79 Å². The summed E-state index contributed by atoms with van der Waals surface area (Å²) in [5, 5.41) is 7.09. The predicted octanol–water partition coefficient (Wildman–Crippen LogP) is 3.41. The molecule has 144 valence electrons. The van der Waals surface area contributed by atoms with Gasteiger partial charge in [-0.25, -0.2) is 9.67 Å². The van der Waals surface area contributed by atoms with E-state index < -0.39 is 0 Å². The molecule has 0 radical (unpaired) electrons. The average molecular weight is 400 g/mol. The Morgan fingerprint density at radius 2 is 1.85 bits per heavy atom. The van der Waals surface area contributed by atoms with Crippen molar-refractivity contribution in [3.8, 4) is 0 Å². The van der Waals surface area contributed by atoms with Crippen molar-refractivity contribution in [2.45, 2.75) is 45.1 Å². The Kier molecular flexibility index (Phi) is 9.05. The van der Waals surface area contributed by atoms with Gasteiger partial charge in [0.1, 0.15) is 12.7 Å². The van der Waals surface area contributed by atoms with Gasteiger partial charge in [0.05, 0.1) is 6.54 Å². The summed E-state index contributed by atoms with van der Waals surface area (Å²) in [6, 6.07) is 7.85. The van der Waals surface area contributed by atoms with E-state index in [2.05, 4.69) is 15.4 Å². The first-order valence-corrected chi connectivity index (χ1v) is 8.60. The molecular formula is C18H27Cl2N5O. The fourth-order valence-electron chi connectivity index (χ4n) is 3.50. The maximum absolute atomic E-state index is 12.4. The van der Waals surface area contributed by atoms with E-state index in [0.717, 1.165) is 24.1 Å². The fraction of sp³-hybridized carbons (Fsp3) is 0.500. The average Bonchev–Trinajstić information content (AvgIpc) is 3.10. The highest BCUT2D eigenvalue weighted by molar-refractivity contribution is 5.91. The van der Waals surface area contributed by atoms with E-state index in [4.69, 9.17) is 5.73 Å². The molecule has 26 heavy (non-hydrogen) atoms. The van der Waals surface area contributed by atoms with Gasteiger partial charge in [0, 0.05) is 12.1 Å². The number of nitrogens with zero attached hydrogens (tertiary/aromatic N) is 3. The van der Waals surface area contributed by atoms with Gasteiger partial charge in [-0.05, 0) is 42.5 Å². The molecule has 1 aliphatic carbocycles. The number of rotatable bonds is 6. The Morgan fingerprint density at radius 3 is 2.42 bits per heavy atom. The molecule has 0 bridgehead atoms. The Hall–Kier alpha value is -1.63. The largest absolute Gasteiger partial charge is 0.330 e. The van der Waals surface area contributed by atoms with Crippen LogP contribution in [0.3, 0.4) is 0 Å². The van der Waals surface area contributed by atoms with E-state index in [1.54, 1.807) is 11.0 Å². The van der Waals surface area contributed by atoms with Crippen LogP contribution in [0.4, 0.5) is 5.69 Å². The minimum atomic E-state index is -0.00460. The summed E-state index contributed by atoms with van der Waals surface area (Å²) in [5.41, 5.74) is 7.91. The monoisotopic (exact) mass is 399 g/mol. The zero-order chi connectivity index (χ0) is 16.8.